The Balaban J connectivity index is 0.779. The number of amides is 6. The van der Waals surface area contributed by atoms with Crippen molar-refractivity contribution in [2.75, 3.05) is 101 Å². The van der Waals surface area contributed by atoms with Crippen LogP contribution in [0.15, 0.2) is 61.3 Å². The molecule has 71 heavy (non-hydrogen) atoms. The van der Waals surface area contributed by atoms with E-state index >= 15 is 0 Å². The van der Waals surface area contributed by atoms with Crippen LogP contribution in [0.2, 0.25) is 0 Å². The number of benzene rings is 2. The van der Waals surface area contributed by atoms with Crippen LogP contribution in [0.4, 0.5) is 38.0 Å². The van der Waals surface area contributed by atoms with E-state index in [4.69, 9.17) is 23.7 Å². The van der Waals surface area contributed by atoms with Gasteiger partial charge in [-0.3, -0.25) is 19.2 Å². The zero-order valence-electron chi connectivity index (χ0n) is 39.7. The number of fused-ring (bicyclic) bond motifs is 1. The van der Waals surface area contributed by atoms with Gasteiger partial charge in [-0.05, 0) is 68.5 Å². The van der Waals surface area contributed by atoms with Crippen molar-refractivity contribution < 1.29 is 52.0 Å². The maximum atomic E-state index is 14.9. The number of ether oxygens (including phenoxy) is 5. The normalized spacial score (nSPS) is 15.6. The van der Waals surface area contributed by atoms with Gasteiger partial charge in [-0.1, -0.05) is 12.6 Å². The fraction of sp³-hybridized carbons (Fsp3) is 0.500. The van der Waals surface area contributed by atoms with Crippen LogP contribution in [-0.4, -0.2) is 142 Å². The maximum Gasteiger partial charge on any atom is 0.315 e. The van der Waals surface area contributed by atoms with Gasteiger partial charge in [0.1, 0.15) is 18.2 Å². The van der Waals surface area contributed by atoms with Crippen LogP contribution in [0.25, 0.3) is 0 Å². The molecule has 2 saturated heterocycles. The monoisotopic (exact) mass is 1010 g/mol. The Morgan fingerprint density at radius 2 is 1.41 bits per heavy atom. The van der Waals surface area contributed by atoms with Crippen LogP contribution >= 0.6 is 11.8 Å². The van der Waals surface area contributed by atoms with E-state index in [1.807, 2.05) is 17.8 Å². The Kier molecular flexibility index (Phi) is 24.6. The lowest BCUT2D eigenvalue weighted by Crippen LogP contribution is -2.37. The Labute approximate surface area is 416 Å². The van der Waals surface area contributed by atoms with Crippen molar-refractivity contribution in [1.82, 2.24) is 36.6 Å². The largest absolute Gasteiger partial charge is 0.488 e. The fourth-order valence-corrected chi connectivity index (χ4v) is 8.69. The Morgan fingerprint density at radius 1 is 0.775 bits per heavy atom. The average molecular weight is 1010 g/mol. The van der Waals surface area contributed by atoms with E-state index in [-0.39, 0.29) is 104 Å². The van der Waals surface area contributed by atoms with E-state index in [1.54, 1.807) is 30.3 Å². The first-order valence-corrected chi connectivity index (χ1v) is 24.7. The molecule has 2 aliphatic heterocycles. The number of rotatable bonds is 35. The van der Waals surface area contributed by atoms with Crippen LogP contribution in [-0.2, 0) is 38.1 Å². The predicted molar refractivity (Wildman–Crippen MR) is 265 cm³/mol. The first-order valence-electron chi connectivity index (χ1n) is 23.7. The highest BCUT2D eigenvalue weighted by Crippen LogP contribution is 2.33. The third kappa shape index (κ3) is 21.1. The van der Waals surface area contributed by atoms with Crippen LogP contribution < -0.4 is 47.3 Å². The number of hydrogen-bond acceptors (Lipinski definition) is 16. The van der Waals surface area contributed by atoms with Gasteiger partial charge in [-0.25, -0.2) is 14.2 Å². The highest BCUT2D eigenvalue weighted by Gasteiger charge is 2.42. The lowest BCUT2D eigenvalue weighted by molar-refractivity contribution is -0.123. The topological polar surface area (TPSA) is 277 Å². The molecule has 0 spiro atoms. The maximum absolute atomic E-state index is 14.9. The number of anilines is 5. The van der Waals surface area contributed by atoms with Crippen LogP contribution in [0, 0.1) is 17.1 Å². The summed E-state index contributed by atoms with van der Waals surface area (Å²) in [6.07, 6.45) is 6.82. The van der Waals surface area contributed by atoms with Crippen LogP contribution in [0.3, 0.4) is 0 Å². The Bertz CT molecular complexity index is 2260. The quantitative estimate of drug-likeness (QED) is 0.0233. The van der Waals surface area contributed by atoms with Crippen LogP contribution in [0.1, 0.15) is 56.9 Å². The summed E-state index contributed by atoms with van der Waals surface area (Å²) in [7, 11) is 0. The molecule has 3 aromatic rings. The molecule has 0 saturated carbocycles. The van der Waals surface area contributed by atoms with E-state index in [0.717, 1.165) is 24.7 Å². The molecule has 3 heterocycles. The molecule has 3 atom stereocenters. The van der Waals surface area contributed by atoms with Gasteiger partial charge in [-0.15, -0.1) is 0 Å². The van der Waals surface area contributed by atoms with Gasteiger partial charge in [0, 0.05) is 86.2 Å². The van der Waals surface area contributed by atoms with Gasteiger partial charge < -0.3 is 66.2 Å². The van der Waals surface area contributed by atoms with Gasteiger partial charge >= 0.3 is 6.03 Å². The molecule has 1 aromatic heterocycles. The standard InChI is InChI=1S/C48H64FN11O10S/c1-2-41(61)55-34-8-3-9-35(28-34)56-46-33(30-50)31-54-47(60-46)57-36-14-15-39(37(49)29-36)70-27-26-68-21-18-53-44(64)13-5-12-43(63)52-17-7-20-67-23-25-69-24-22-66-19-6-16-51-42(62)11-4-10-40-45-38(32-71-40)58-48(65)59-45/h2-3,8-9,14-15,28-29,31,38,40,45H,1,4-7,10-13,16-27,32H2,(H,51,62)(H,52,63)(H,53,64)(H,55,61)(H2,58,59,65)(H2,54,56,57,60)/t38-,40?,45-/m0/s1. The molecule has 5 rings (SSSR count). The van der Waals surface area contributed by atoms with Gasteiger partial charge in [0.2, 0.25) is 29.6 Å². The number of thioether (sulfide) groups is 1. The number of halogens is 1. The minimum absolute atomic E-state index is 0.00514. The van der Waals surface area contributed by atoms with Gasteiger partial charge in [0.15, 0.2) is 17.4 Å². The summed E-state index contributed by atoms with van der Waals surface area (Å²) in [6.45, 7) is 7.90. The summed E-state index contributed by atoms with van der Waals surface area (Å²) in [5, 5.41) is 33.0. The molecule has 0 aliphatic carbocycles. The van der Waals surface area contributed by atoms with Gasteiger partial charge in [0.25, 0.3) is 0 Å². The Morgan fingerprint density at radius 3 is 2.10 bits per heavy atom. The van der Waals surface area contributed by atoms with Crippen molar-refractivity contribution in [2.45, 2.75) is 68.7 Å². The third-order valence-corrected chi connectivity index (χ3v) is 12.2. The average Bonchev–Trinajstić information content (AvgIpc) is 3.92. The summed E-state index contributed by atoms with van der Waals surface area (Å²) >= 11 is 1.85. The summed E-state index contributed by atoms with van der Waals surface area (Å²) in [5.41, 5.74) is 1.56. The second kappa shape index (κ2) is 31.6. The lowest BCUT2D eigenvalue weighted by Gasteiger charge is -2.16. The minimum Gasteiger partial charge on any atom is -0.488 e. The van der Waals surface area contributed by atoms with Crippen molar-refractivity contribution in [3.8, 4) is 11.8 Å². The lowest BCUT2D eigenvalue weighted by atomic mass is 10.0. The van der Waals surface area contributed by atoms with Crippen molar-refractivity contribution in [2.24, 2.45) is 0 Å². The number of hydrogen-bond donors (Lipinski definition) is 8. The SMILES string of the molecule is C=CC(=O)Nc1cccc(Nc2nc(Nc3ccc(OCCOCCNC(=O)CCCC(=O)NCCCOCCOCCOCCCNC(=O)CCCC4SC[C@@H]5NC(=O)N[C@H]45)c(F)c3)ncc2C#N)c1. The molecule has 6 amide bonds. The molecule has 21 nitrogen and oxygen atoms in total. The number of carbonyl (C=O) groups is 5. The smallest absolute Gasteiger partial charge is 0.315 e. The van der Waals surface area contributed by atoms with Gasteiger partial charge in [0.05, 0.1) is 57.9 Å². The fourth-order valence-electron chi connectivity index (χ4n) is 7.15. The number of nitrogens with one attached hydrogen (secondary N) is 8. The zero-order chi connectivity index (χ0) is 50.5. The number of carbonyl (C=O) groups excluding carboxylic acids is 5. The molecule has 384 valence electrons. The van der Waals surface area contributed by atoms with E-state index in [1.165, 1.54) is 18.3 Å². The Hall–Kier alpha value is -6.58. The minimum atomic E-state index is -0.638. The molecule has 1 unspecified atom stereocenters. The summed E-state index contributed by atoms with van der Waals surface area (Å²) in [4.78, 5) is 68.2. The molecule has 8 N–H and O–H groups in total. The first-order chi connectivity index (χ1) is 34.6. The van der Waals surface area contributed by atoms with Crippen molar-refractivity contribution in [3.63, 3.8) is 0 Å². The summed E-state index contributed by atoms with van der Waals surface area (Å²) < 4.78 is 42.5. The second-order valence-electron chi connectivity index (χ2n) is 16.2. The number of nitrogens with zero attached hydrogens (tertiary/aromatic N) is 3. The second-order valence-corrected chi connectivity index (χ2v) is 17.4. The molecule has 2 aromatic carbocycles. The van der Waals surface area contributed by atoms with E-state index in [9.17, 15) is 33.6 Å². The van der Waals surface area contributed by atoms with Crippen molar-refractivity contribution in [1.29, 1.82) is 5.26 Å². The first kappa shape index (κ1) is 55.3. The molecule has 2 aliphatic rings. The molecular formula is C48H64FN11O10S. The highest BCUT2D eigenvalue weighted by molar-refractivity contribution is 8.00. The van der Waals surface area contributed by atoms with Crippen molar-refractivity contribution in [3.05, 3.63) is 72.7 Å². The third-order valence-electron chi connectivity index (χ3n) is 10.7. The summed E-state index contributed by atoms with van der Waals surface area (Å²) in [6, 6.07) is 13.3. The van der Waals surface area contributed by atoms with Crippen LogP contribution in [0.5, 0.6) is 5.75 Å². The number of urea groups is 1. The van der Waals surface area contributed by atoms with E-state index in [0.29, 0.717) is 101 Å². The van der Waals surface area contributed by atoms with Gasteiger partial charge in [-0.2, -0.15) is 22.0 Å². The molecule has 2 fully saturated rings. The highest BCUT2D eigenvalue weighted by atomic mass is 32.2. The molecular weight excluding hydrogens is 942 g/mol. The number of nitriles is 1. The zero-order valence-corrected chi connectivity index (χ0v) is 40.5. The molecule has 0 radical (unpaired) electrons. The summed E-state index contributed by atoms with van der Waals surface area (Å²) in [5.74, 6) is -0.0960. The molecule has 0 bridgehead atoms. The predicted octanol–water partition coefficient (Wildman–Crippen LogP) is 4.18. The van der Waals surface area contributed by atoms with E-state index < -0.39 is 5.82 Å². The van der Waals surface area contributed by atoms with Crippen molar-refractivity contribution >= 4 is 70.3 Å². The van der Waals surface area contributed by atoms with E-state index in [2.05, 4.69) is 59.1 Å². The molecule has 23 heteroatoms. The number of aromatic nitrogens is 2.